The molecule has 0 bridgehead atoms. The Morgan fingerprint density at radius 3 is 2.82 bits per heavy atom. The minimum absolute atomic E-state index is 0.115. The topological polar surface area (TPSA) is 46.0 Å². The van der Waals surface area contributed by atoms with E-state index in [2.05, 4.69) is 9.97 Å². The molecule has 0 unspecified atom stereocenters. The monoisotopic (exact) mass is 190 g/mol. The summed E-state index contributed by atoms with van der Waals surface area (Å²) in [6.07, 6.45) is 3.26. The molecule has 0 saturated heterocycles. The zero-order valence-electron chi connectivity index (χ0n) is 5.91. The Labute approximate surface area is 73.8 Å². The smallest absolute Gasteiger partial charge is 0.139 e. The molecule has 0 aromatic carbocycles. The molecule has 0 saturated carbocycles. The molecule has 3 nitrogen and oxygen atoms in total. The van der Waals surface area contributed by atoms with Crippen LogP contribution in [0.1, 0.15) is 5.56 Å². The van der Waals surface area contributed by atoms with E-state index in [1.807, 2.05) is 6.26 Å². The van der Waals surface area contributed by atoms with Crippen LogP contribution in [0.5, 0.6) is 0 Å². The zero-order chi connectivity index (χ0) is 8.27. The van der Waals surface area contributed by atoms with E-state index in [4.69, 9.17) is 16.7 Å². The Morgan fingerprint density at radius 2 is 2.36 bits per heavy atom. The van der Waals surface area contributed by atoms with Gasteiger partial charge in [-0.3, -0.25) is 0 Å². The van der Waals surface area contributed by atoms with Gasteiger partial charge < -0.3 is 5.11 Å². The first-order chi connectivity index (χ1) is 5.29. The summed E-state index contributed by atoms with van der Waals surface area (Å²) in [4.78, 5) is 7.68. The van der Waals surface area contributed by atoms with E-state index >= 15 is 0 Å². The van der Waals surface area contributed by atoms with E-state index in [1.165, 1.54) is 18.1 Å². The van der Waals surface area contributed by atoms with Gasteiger partial charge in [0.2, 0.25) is 0 Å². The van der Waals surface area contributed by atoms with E-state index in [-0.39, 0.29) is 6.61 Å². The Hall–Kier alpha value is -0.320. The highest BCUT2D eigenvalue weighted by Gasteiger charge is 2.06. The molecule has 11 heavy (non-hydrogen) atoms. The summed E-state index contributed by atoms with van der Waals surface area (Å²) in [5.74, 6) is 0. The van der Waals surface area contributed by atoms with E-state index < -0.39 is 0 Å². The van der Waals surface area contributed by atoms with Gasteiger partial charge in [0.15, 0.2) is 0 Å². The molecular weight excluding hydrogens is 184 g/mol. The molecule has 0 aliphatic carbocycles. The van der Waals surface area contributed by atoms with Crippen molar-refractivity contribution >= 4 is 23.4 Å². The van der Waals surface area contributed by atoms with Gasteiger partial charge in [-0.15, -0.1) is 11.8 Å². The summed E-state index contributed by atoms with van der Waals surface area (Å²) < 4.78 is 0. The number of rotatable bonds is 2. The van der Waals surface area contributed by atoms with Crippen molar-refractivity contribution < 1.29 is 5.11 Å². The summed E-state index contributed by atoms with van der Waals surface area (Å²) in [5, 5.41) is 9.91. The fourth-order valence-corrected chi connectivity index (χ4v) is 1.49. The summed E-state index contributed by atoms with van der Waals surface area (Å²) in [6.45, 7) is -0.115. The largest absolute Gasteiger partial charge is 0.391 e. The highest BCUT2D eigenvalue weighted by molar-refractivity contribution is 7.98. The highest BCUT2D eigenvalue weighted by Crippen LogP contribution is 2.22. The predicted molar refractivity (Wildman–Crippen MR) is 44.7 cm³/mol. The van der Waals surface area contributed by atoms with E-state index in [9.17, 15) is 0 Å². The van der Waals surface area contributed by atoms with Gasteiger partial charge in [0.25, 0.3) is 0 Å². The second-order valence-corrected chi connectivity index (χ2v) is 2.96. The van der Waals surface area contributed by atoms with Gasteiger partial charge in [0, 0.05) is 5.56 Å². The Morgan fingerprint density at radius 1 is 1.64 bits per heavy atom. The fraction of sp³-hybridized carbons (Fsp3) is 0.333. The zero-order valence-corrected chi connectivity index (χ0v) is 7.48. The van der Waals surface area contributed by atoms with Gasteiger partial charge in [-0.1, -0.05) is 11.6 Å². The number of hydrogen-bond donors (Lipinski definition) is 1. The van der Waals surface area contributed by atoms with Crippen molar-refractivity contribution in [3.05, 3.63) is 17.0 Å². The van der Waals surface area contributed by atoms with Crippen molar-refractivity contribution in [2.45, 2.75) is 11.6 Å². The van der Waals surface area contributed by atoms with E-state index in [1.54, 1.807) is 0 Å². The fourth-order valence-electron chi connectivity index (χ4n) is 0.685. The first kappa shape index (κ1) is 8.77. The molecule has 0 spiro atoms. The maximum absolute atomic E-state index is 8.85. The number of aliphatic hydroxyl groups is 1. The molecule has 60 valence electrons. The van der Waals surface area contributed by atoms with Crippen LogP contribution >= 0.6 is 23.4 Å². The third-order valence-electron chi connectivity index (χ3n) is 1.20. The third kappa shape index (κ3) is 1.83. The number of hydrogen-bond acceptors (Lipinski definition) is 4. The highest BCUT2D eigenvalue weighted by atomic mass is 35.5. The molecule has 1 N–H and O–H groups in total. The maximum Gasteiger partial charge on any atom is 0.139 e. The standard InChI is InChI=1S/C6H7ClN2OS/c1-11-6-4(2-10)5(7)8-3-9-6/h3,10H,2H2,1H3. The van der Waals surface area contributed by atoms with Gasteiger partial charge in [-0.25, -0.2) is 9.97 Å². The predicted octanol–water partition coefficient (Wildman–Crippen LogP) is 1.34. The minimum atomic E-state index is -0.115. The lowest BCUT2D eigenvalue weighted by atomic mass is 10.4. The van der Waals surface area contributed by atoms with Crippen molar-refractivity contribution in [2.24, 2.45) is 0 Å². The van der Waals surface area contributed by atoms with Gasteiger partial charge in [-0.2, -0.15) is 0 Å². The van der Waals surface area contributed by atoms with Crippen LogP contribution < -0.4 is 0 Å². The van der Waals surface area contributed by atoms with Crippen LogP contribution in [-0.2, 0) is 6.61 Å². The lowest BCUT2D eigenvalue weighted by Crippen LogP contribution is -1.94. The molecular formula is C6H7ClN2OS. The molecule has 1 aromatic heterocycles. The van der Waals surface area contributed by atoms with Crippen LogP contribution in [0, 0.1) is 0 Å². The molecule has 1 rings (SSSR count). The molecule has 0 fully saturated rings. The van der Waals surface area contributed by atoms with Crippen LogP contribution in [0.2, 0.25) is 5.15 Å². The SMILES string of the molecule is CSc1ncnc(Cl)c1CO. The molecule has 0 aliphatic heterocycles. The first-order valence-electron chi connectivity index (χ1n) is 2.93. The Bertz CT molecular complexity index is 256. The quantitative estimate of drug-likeness (QED) is 0.565. The second-order valence-electron chi connectivity index (χ2n) is 1.81. The summed E-state index contributed by atoms with van der Waals surface area (Å²) >= 11 is 7.12. The van der Waals surface area contributed by atoms with Crippen LogP contribution in [-0.4, -0.2) is 21.3 Å². The maximum atomic E-state index is 8.85. The molecule has 1 aromatic rings. The van der Waals surface area contributed by atoms with Crippen molar-refractivity contribution in [2.75, 3.05) is 6.26 Å². The molecule has 0 amide bonds. The van der Waals surface area contributed by atoms with E-state index in [0.717, 1.165) is 5.03 Å². The van der Waals surface area contributed by atoms with Crippen molar-refractivity contribution in [1.82, 2.24) is 9.97 Å². The van der Waals surface area contributed by atoms with Crippen LogP contribution in [0.4, 0.5) is 0 Å². The summed E-state index contributed by atoms with van der Waals surface area (Å²) in [7, 11) is 0. The second kappa shape index (κ2) is 3.90. The number of thioether (sulfide) groups is 1. The van der Waals surface area contributed by atoms with Gasteiger partial charge in [0.05, 0.1) is 6.61 Å². The lowest BCUT2D eigenvalue weighted by Gasteiger charge is -2.02. The van der Waals surface area contributed by atoms with Crippen molar-refractivity contribution in [3.8, 4) is 0 Å². The number of halogens is 1. The first-order valence-corrected chi connectivity index (χ1v) is 4.54. The lowest BCUT2D eigenvalue weighted by molar-refractivity contribution is 0.277. The van der Waals surface area contributed by atoms with Crippen LogP contribution in [0.25, 0.3) is 0 Å². The molecule has 0 radical (unpaired) electrons. The average molecular weight is 191 g/mol. The molecule has 5 heteroatoms. The number of nitrogens with zero attached hydrogens (tertiary/aromatic N) is 2. The van der Waals surface area contributed by atoms with Gasteiger partial charge in [-0.05, 0) is 6.26 Å². The normalized spacial score (nSPS) is 10.1. The Kier molecular flexibility index (Phi) is 3.11. The number of aliphatic hydroxyl groups excluding tert-OH is 1. The van der Waals surface area contributed by atoms with Crippen molar-refractivity contribution in [3.63, 3.8) is 0 Å². The summed E-state index contributed by atoms with van der Waals surface area (Å²) in [5.41, 5.74) is 0.599. The van der Waals surface area contributed by atoms with Crippen molar-refractivity contribution in [1.29, 1.82) is 0 Å². The van der Waals surface area contributed by atoms with Gasteiger partial charge in [0.1, 0.15) is 16.5 Å². The molecule has 1 heterocycles. The summed E-state index contributed by atoms with van der Waals surface area (Å²) in [6, 6.07) is 0. The Balaban J connectivity index is 3.13. The van der Waals surface area contributed by atoms with Crippen LogP contribution in [0.3, 0.4) is 0 Å². The van der Waals surface area contributed by atoms with E-state index in [0.29, 0.717) is 10.7 Å². The average Bonchev–Trinajstić information content (AvgIpc) is 2.04. The van der Waals surface area contributed by atoms with Gasteiger partial charge >= 0.3 is 0 Å². The van der Waals surface area contributed by atoms with Crippen LogP contribution in [0.15, 0.2) is 11.4 Å². The number of aromatic nitrogens is 2. The third-order valence-corrected chi connectivity index (χ3v) is 2.27. The molecule has 0 atom stereocenters. The minimum Gasteiger partial charge on any atom is -0.391 e. The molecule has 0 aliphatic rings.